The number of rotatable bonds is 4. The van der Waals surface area contributed by atoms with E-state index in [2.05, 4.69) is 21.0 Å². The molecule has 0 saturated heterocycles. The average molecular weight is 365 g/mol. The Hall–Kier alpha value is -3.63. The number of carbonyl (C=O) groups excluding carboxylic acids is 1. The van der Waals surface area contributed by atoms with E-state index in [9.17, 15) is 28.1 Å². The van der Waals surface area contributed by atoms with Crippen molar-refractivity contribution in [3.63, 3.8) is 0 Å². The number of hydrazine groups is 1. The smallest absolute Gasteiger partial charge is 0.292 e. The van der Waals surface area contributed by atoms with Crippen LogP contribution in [0.1, 0.15) is 15.9 Å². The molecular weight excluding hydrogens is 355 g/mol. The number of fused-ring (bicyclic) bond motifs is 1. The van der Waals surface area contributed by atoms with Gasteiger partial charge in [0.05, 0.1) is 27.8 Å². The highest BCUT2D eigenvalue weighted by Gasteiger charge is 2.33. The maximum Gasteiger partial charge on any atom is 0.416 e. The number of nitro groups is 1. The lowest BCUT2D eigenvalue weighted by atomic mass is 10.1. The predicted octanol–water partition coefficient (Wildman–Crippen LogP) is 3.25. The maximum atomic E-state index is 12.7. The van der Waals surface area contributed by atoms with Crippen LogP contribution in [-0.2, 0) is 6.18 Å². The van der Waals surface area contributed by atoms with Crippen molar-refractivity contribution in [3.05, 3.63) is 63.8 Å². The molecule has 0 atom stereocenters. The van der Waals surface area contributed by atoms with Gasteiger partial charge in [-0.3, -0.25) is 30.9 Å². The second kappa shape index (κ2) is 6.35. The Kier molecular flexibility index (Phi) is 4.20. The molecule has 2 aromatic carbocycles. The second-order valence-corrected chi connectivity index (χ2v) is 5.21. The Morgan fingerprint density at radius 1 is 1.23 bits per heavy atom. The van der Waals surface area contributed by atoms with Gasteiger partial charge in [-0.15, -0.1) is 0 Å². The van der Waals surface area contributed by atoms with Crippen molar-refractivity contribution < 1.29 is 22.9 Å². The minimum absolute atomic E-state index is 0.210. The van der Waals surface area contributed by atoms with Crippen LogP contribution in [0.4, 0.5) is 24.5 Å². The fourth-order valence-electron chi connectivity index (χ4n) is 2.31. The first-order valence-electron chi connectivity index (χ1n) is 7.11. The van der Waals surface area contributed by atoms with Gasteiger partial charge >= 0.3 is 6.18 Å². The van der Waals surface area contributed by atoms with E-state index >= 15 is 0 Å². The van der Waals surface area contributed by atoms with Gasteiger partial charge in [0.2, 0.25) is 0 Å². The Bertz CT molecular complexity index is 1000. The lowest BCUT2D eigenvalue weighted by Gasteiger charge is -2.11. The molecule has 0 aliphatic heterocycles. The Morgan fingerprint density at radius 3 is 2.69 bits per heavy atom. The molecule has 0 saturated carbocycles. The van der Waals surface area contributed by atoms with Crippen LogP contribution in [0.15, 0.2) is 42.6 Å². The minimum Gasteiger partial charge on any atom is -0.292 e. The summed E-state index contributed by atoms with van der Waals surface area (Å²) in [7, 11) is 0. The van der Waals surface area contributed by atoms with Crippen LogP contribution in [0.2, 0.25) is 0 Å². The molecule has 1 heterocycles. The summed E-state index contributed by atoms with van der Waals surface area (Å²) in [6.45, 7) is 0. The molecule has 0 aliphatic rings. The SMILES string of the molecule is O=C(NNc1ccc(C(F)(F)F)cc1[N+](=O)[O-])c1cccc2cn[nH]c12. The zero-order valence-electron chi connectivity index (χ0n) is 12.8. The van der Waals surface area contributed by atoms with Gasteiger partial charge < -0.3 is 0 Å². The van der Waals surface area contributed by atoms with Crippen LogP contribution in [-0.4, -0.2) is 21.0 Å². The fourth-order valence-corrected chi connectivity index (χ4v) is 2.31. The molecule has 8 nitrogen and oxygen atoms in total. The molecule has 3 aromatic rings. The number of halogens is 3. The van der Waals surface area contributed by atoms with Gasteiger partial charge in [-0.2, -0.15) is 18.3 Å². The lowest BCUT2D eigenvalue weighted by molar-refractivity contribution is -0.384. The Balaban J connectivity index is 1.84. The Morgan fingerprint density at radius 2 is 2.00 bits per heavy atom. The van der Waals surface area contributed by atoms with Crippen LogP contribution in [0.25, 0.3) is 10.9 Å². The first-order valence-corrected chi connectivity index (χ1v) is 7.11. The largest absolute Gasteiger partial charge is 0.416 e. The number of aromatic nitrogens is 2. The number of nitro benzene ring substituents is 1. The summed E-state index contributed by atoms with van der Waals surface area (Å²) >= 11 is 0. The normalized spacial score (nSPS) is 11.3. The second-order valence-electron chi connectivity index (χ2n) is 5.21. The fraction of sp³-hybridized carbons (Fsp3) is 0.0667. The van der Waals surface area contributed by atoms with E-state index < -0.39 is 28.3 Å². The highest BCUT2D eigenvalue weighted by molar-refractivity contribution is 6.05. The summed E-state index contributed by atoms with van der Waals surface area (Å²) in [4.78, 5) is 22.3. The number of aromatic amines is 1. The first-order chi connectivity index (χ1) is 12.3. The molecule has 0 aliphatic carbocycles. The van der Waals surface area contributed by atoms with E-state index in [-0.39, 0.29) is 11.3 Å². The number of nitrogens with zero attached hydrogens (tertiary/aromatic N) is 2. The monoisotopic (exact) mass is 365 g/mol. The third kappa shape index (κ3) is 3.27. The Labute approximate surface area is 143 Å². The minimum atomic E-state index is -4.72. The zero-order valence-corrected chi connectivity index (χ0v) is 12.8. The van der Waals surface area contributed by atoms with Crippen LogP contribution in [0.3, 0.4) is 0 Å². The maximum absolute atomic E-state index is 12.7. The molecule has 11 heteroatoms. The van der Waals surface area contributed by atoms with Gasteiger partial charge in [0, 0.05) is 11.5 Å². The first kappa shape index (κ1) is 17.2. The van der Waals surface area contributed by atoms with E-state index in [0.717, 1.165) is 6.07 Å². The van der Waals surface area contributed by atoms with Crippen molar-refractivity contribution in [2.45, 2.75) is 6.18 Å². The van der Waals surface area contributed by atoms with Crippen LogP contribution in [0.5, 0.6) is 0 Å². The van der Waals surface area contributed by atoms with Crippen molar-refractivity contribution in [2.75, 3.05) is 5.43 Å². The van der Waals surface area contributed by atoms with Crippen molar-refractivity contribution in [2.24, 2.45) is 0 Å². The number of alkyl halides is 3. The summed E-state index contributed by atoms with van der Waals surface area (Å²) in [5.41, 5.74) is 2.91. The lowest BCUT2D eigenvalue weighted by Crippen LogP contribution is -2.30. The van der Waals surface area contributed by atoms with Gasteiger partial charge in [0.1, 0.15) is 5.69 Å². The number of para-hydroxylation sites is 1. The van der Waals surface area contributed by atoms with Gasteiger partial charge in [0.15, 0.2) is 0 Å². The van der Waals surface area contributed by atoms with E-state index in [4.69, 9.17) is 0 Å². The number of benzene rings is 2. The third-order valence-corrected chi connectivity index (χ3v) is 3.55. The summed E-state index contributed by atoms with van der Waals surface area (Å²) in [5.74, 6) is -0.644. The van der Waals surface area contributed by atoms with E-state index in [1.54, 1.807) is 12.1 Å². The quantitative estimate of drug-likeness (QED) is 0.485. The van der Waals surface area contributed by atoms with Gasteiger partial charge in [-0.1, -0.05) is 12.1 Å². The van der Waals surface area contributed by atoms with Crippen molar-refractivity contribution in [1.29, 1.82) is 0 Å². The number of hydrogen-bond acceptors (Lipinski definition) is 5. The number of hydrogen-bond donors (Lipinski definition) is 3. The molecule has 3 N–H and O–H groups in total. The molecule has 26 heavy (non-hydrogen) atoms. The number of amides is 1. The summed E-state index contributed by atoms with van der Waals surface area (Å²) in [6, 6.07) is 6.79. The third-order valence-electron chi connectivity index (χ3n) is 3.55. The molecule has 1 aromatic heterocycles. The van der Waals surface area contributed by atoms with Crippen molar-refractivity contribution >= 4 is 28.2 Å². The van der Waals surface area contributed by atoms with Crippen molar-refractivity contribution in [1.82, 2.24) is 15.6 Å². The standard InChI is InChI=1S/C15H10F3N5O3/c16-15(17,18)9-4-5-11(12(6-9)23(25)26)20-22-14(24)10-3-1-2-8-7-19-21-13(8)10/h1-7,20H,(H,19,21)(H,22,24). The van der Waals surface area contributed by atoms with E-state index in [0.29, 0.717) is 23.0 Å². The number of nitrogens with one attached hydrogen (secondary N) is 3. The average Bonchev–Trinajstić information content (AvgIpc) is 3.07. The molecule has 0 spiro atoms. The highest BCUT2D eigenvalue weighted by atomic mass is 19.4. The van der Waals surface area contributed by atoms with E-state index in [1.807, 2.05) is 0 Å². The predicted molar refractivity (Wildman–Crippen MR) is 85.3 cm³/mol. The number of H-pyrrole nitrogens is 1. The number of anilines is 1. The van der Waals surface area contributed by atoms with Gasteiger partial charge in [0.25, 0.3) is 11.6 Å². The van der Waals surface area contributed by atoms with Crippen LogP contribution in [0, 0.1) is 10.1 Å². The van der Waals surface area contributed by atoms with Gasteiger partial charge in [-0.05, 0) is 18.2 Å². The van der Waals surface area contributed by atoms with Crippen molar-refractivity contribution in [3.8, 4) is 0 Å². The zero-order chi connectivity index (χ0) is 18.9. The molecule has 1 amide bonds. The molecule has 0 unspecified atom stereocenters. The molecule has 3 rings (SSSR count). The topological polar surface area (TPSA) is 113 Å². The molecule has 0 fully saturated rings. The highest BCUT2D eigenvalue weighted by Crippen LogP contribution is 2.34. The molecular formula is C15H10F3N5O3. The summed E-state index contributed by atoms with van der Waals surface area (Å²) in [6.07, 6.45) is -3.21. The van der Waals surface area contributed by atoms with Crippen LogP contribution < -0.4 is 10.9 Å². The summed E-state index contributed by atoms with van der Waals surface area (Å²) < 4.78 is 38.1. The van der Waals surface area contributed by atoms with E-state index in [1.165, 1.54) is 12.3 Å². The molecule has 0 bridgehead atoms. The van der Waals surface area contributed by atoms with Crippen LogP contribution >= 0.6 is 0 Å². The molecule has 134 valence electrons. The molecule has 0 radical (unpaired) electrons. The summed E-state index contributed by atoms with van der Waals surface area (Å²) in [5, 5.41) is 18.2. The number of carbonyl (C=O) groups is 1. The van der Waals surface area contributed by atoms with Gasteiger partial charge in [-0.25, -0.2) is 0 Å².